The molecule has 2 rings (SSSR count). The SMILES string of the molecule is COCCn1cccc1C(=O)NC1(CC(=O)O)CCCC1. The lowest BCUT2D eigenvalue weighted by atomic mass is 9.93. The third-order valence-electron chi connectivity index (χ3n) is 4.03. The maximum absolute atomic E-state index is 12.5. The summed E-state index contributed by atoms with van der Waals surface area (Å²) in [4.78, 5) is 23.5. The molecule has 1 aromatic heterocycles. The molecule has 0 unspecified atom stereocenters. The van der Waals surface area contributed by atoms with Crippen LogP contribution in [0.5, 0.6) is 0 Å². The number of carbonyl (C=O) groups is 2. The summed E-state index contributed by atoms with van der Waals surface area (Å²) < 4.78 is 6.85. The van der Waals surface area contributed by atoms with E-state index in [1.807, 2.05) is 16.8 Å². The lowest BCUT2D eigenvalue weighted by molar-refractivity contribution is -0.138. The third-order valence-corrected chi connectivity index (χ3v) is 4.03. The van der Waals surface area contributed by atoms with Gasteiger partial charge in [-0.3, -0.25) is 9.59 Å². The van der Waals surface area contributed by atoms with E-state index >= 15 is 0 Å². The van der Waals surface area contributed by atoms with Gasteiger partial charge < -0.3 is 19.7 Å². The Morgan fingerprint density at radius 3 is 2.76 bits per heavy atom. The number of rotatable bonds is 7. The molecule has 0 atom stereocenters. The second kappa shape index (κ2) is 6.76. The summed E-state index contributed by atoms with van der Waals surface area (Å²) in [6.07, 6.45) is 5.17. The van der Waals surface area contributed by atoms with Crippen molar-refractivity contribution < 1.29 is 19.4 Å². The molecule has 0 spiro atoms. The molecular formula is C15H22N2O4. The van der Waals surface area contributed by atoms with Crippen LogP contribution in [0.3, 0.4) is 0 Å². The minimum Gasteiger partial charge on any atom is -0.481 e. The summed E-state index contributed by atoms with van der Waals surface area (Å²) >= 11 is 0. The molecule has 1 aliphatic rings. The number of hydrogen-bond acceptors (Lipinski definition) is 3. The van der Waals surface area contributed by atoms with E-state index in [2.05, 4.69) is 5.32 Å². The number of carboxylic acids is 1. The Hall–Kier alpha value is -1.82. The van der Waals surface area contributed by atoms with E-state index in [0.717, 1.165) is 25.7 Å². The number of amides is 1. The van der Waals surface area contributed by atoms with Gasteiger partial charge in [0, 0.05) is 19.9 Å². The van der Waals surface area contributed by atoms with Gasteiger partial charge in [0.1, 0.15) is 5.69 Å². The Morgan fingerprint density at radius 2 is 2.14 bits per heavy atom. The first-order valence-corrected chi connectivity index (χ1v) is 7.25. The van der Waals surface area contributed by atoms with Gasteiger partial charge in [-0.1, -0.05) is 12.8 Å². The van der Waals surface area contributed by atoms with Crippen LogP contribution in [0, 0.1) is 0 Å². The zero-order chi connectivity index (χ0) is 15.3. The van der Waals surface area contributed by atoms with Crippen molar-refractivity contribution in [2.75, 3.05) is 13.7 Å². The molecule has 1 aliphatic carbocycles. The monoisotopic (exact) mass is 294 g/mol. The van der Waals surface area contributed by atoms with Gasteiger partial charge in [-0.25, -0.2) is 0 Å². The Labute approximate surface area is 124 Å². The maximum Gasteiger partial charge on any atom is 0.305 e. The molecule has 1 aromatic rings. The van der Waals surface area contributed by atoms with Gasteiger partial charge in [0.15, 0.2) is 0 Å². The molecule has 1 saturated carbocycles. The van der Waals surface area contributed by atoms with Crippen LogP contribution in [0.4, 0.5) is 0 Å². The van der Waals surface area contributed by atoms with E-state index in [1.54, 1.807) is 13.2 Å². The first kappa shape index (κ1) is 15.6. The molecule has 0 aliphatic heterocycles. The largest absolute Gasteiger partial charge is 0.481 e. The molecule has 2 N–H and O–H groups in total. The van der Waals surface area contributed by atoms with Gasteiger partial charge in [-0.05, 0) is 25.0 Å². The number of nitrogens with zero attached hydrogens (tertiary/aromatic N) is 1. The molecule has 1 amide bonds. The summed E-state index contributed by atoms with van der Waals surface area (Å²) in [6.45, 7) is 1.12. The number of hydrogen-bond donors (Lipinski definition) is 2. The highest BCUT2D eigenvalue weighted by molar-refractivity contribution is 5.93. The number of carbonyl (C=O) groups excluding carboxylic acids is 1. The number of nitrogens with one attached hydrogen (secondary N) is 1. The highest BCUT2D eigenvalue weighted by Crippen LogP contribution is 2.33. The summed E-state index contributed by atoms with van der Waals surface area (Å²) in [5.41, 5.74) is -0.0528. The Kier molecular flexibility index (Phi) is 5.01. The van der Waals surface area contributed by atoms with E-state index in [-0.39, 0.29) is 12.3 Å². The molecule has 6 nitrogen and oxygen atoms in total. The minimum absolute atomic E-state index is 0.0163. The normalized spacial score (nSPS) is 16.8. The van der Waals surface area contributed by atoms with Crippen molar-refractivity contribution in [2.45, 2.75) is 44.2 Å². The van der Waals surface area contributed by atoms with Gasteiger partial charge in [0.05, 0.1) is 18.6 Å². The third kappa shape index (κ3) is 3.85. The van der Waals surface area contributed by atoms with Crippen molar-refractivity contribution >= 4 is 11.9 Å². The van der Waals surface area contributed by atoms with E-state index in [9.17, 15) is 9.59 Å². The lowest BCUT2D eigenvalue weighted by Crippen LogP contribution is -2.48. The molecule has 6 heteroatoms. The molecule has 0 saturated heterocycles. The highest BCUT2D eigenvalue weighted by atomic mass is 16.5. The predicted molar refractivity (Wildman–Crippen MR) is 77.2 cm³/mol. The van der Waals surface area contributed by atoms with E-state index in [0.29, 0.717) is 18.8 Å². The Bertz CT molecular complexity index is 504. The number of ether oxygens (including phenoxy) is 1. The van der Waals surface area contributed by atoms with E-state index in [4.69, 9.17) is 9.84 Å². The van der Waals surface area contributed by atoms with Crippen LogP contribution in [0.25, 0.3) is 0 Å². The Morgan fingerprint density at radius 1 is 1.43 bits per heavy atom. The average molecular weight is 294 g/mol. The lowest BCUT2D eigenvalue weighted by Gasteiger charge is -2.28. The summed E-state index contributed by atoms with van der Waals surface area (Å²) in [6, 6.07) is 3.55. The van der Waals surface area contributed by atoms with Gasteiger partial charge in [-0.2, -0.15) is 0 Å². The molecule has 0 aromatic carbocycles. The smallest absolute Gasteiger partial charge is 0.305 e. The van der Waals surface area contributed by atoms with Crippen LogP contribution >= 0.6 is 0 Å². The molecule has 0 radical (unpaired) electrons. The van der Waals surface area contributed by atoms with Crippen LogP contribution in [0.15, 0.2) is 18.3 Å². The standard InChI is InChI=1S/C15H22N2O4/c1-21-10-9-17-8-4-5-12(17)14(20)16-15(11-13(18)19)6-2-3-7-15/h4-5,8H,2-3,6-7,9-11H2,1H3,(H,16,20)(H,18,19). The topological polar surface area (TPSA) is 80.6 Å². The molecular weight excluding hydrogens is 272 g/mol. The minimum atomic E-state index is -0.869. The fraction of sp³-hybridized carbons (Fsp3) is 0.600. The molecule has 1 fully saturated rings. The number of aliphatic carboxylic acids is 1. The average Bonchev–Trinajstić information content (AvgIpc) is 3.04. The fourth-order valence-corrected chi connectivity index (χ4v) is 3.00. The first-order valence-electron chi connectivity index (χ1n) is 7.25. The highest BCUT2D eigenvalue weighted by Gasteiger charge is 2.37. The van der Waals surface area contributed by atoms with Crippen molar-refractivity contribution in [3.05, 3.63) is 24.0 Å². The van der Waals surface area contributed by atoms with Crippen LogP contribution in [0.2, 0.25) is 0 Å². The number of carboxylic acid groups (broad SMARTS) is 1. The van der Waals surface area contributed by atoms with Crippen molar-refractivity contribution in [3.8, 4) is 0 Å². The van der Waals surface area contributed by atoms with Gasteiger partial charge in [-0.15, -0.1) is 0 Å². The zero-order valence-corrected chi connectivity index (χ0v) is 12.3. The molecule has 0 bridgehead atoms. The summed E-state index contributed by atoms with van der Waals surface area (Å²) in [7, 11) is 1.61. The number of methoxy groups -OCH3 is 1. The number of aromatic nitrogens is 1. The summed E-state index contributed by atoms with van der Waals surface area (Å²) in [5.74, 6) is -1.08. The second-order valence-corrected chi connectivity index (χ2v) is 5.59. The zero-order valence-electron chi connectivity index (χ0n) is 12.3. The van der Waals surface area contributed by atoms with Gasteiger partial charge >= 0.3 is 5.97 Å². The predicted octanol–water partition coefficient (Wildman–Crippen LogP) is 1.65. The van der Waals surface area contributed by atoms with Crippen LogP contribution in [-0.4, -0.2) is 40.8 Å². The van der Waals surface area contributed by atoms with E-state index < -0.39 is 11.5 Å². The van der Waals surface area contributed by atoms with Crippen molar-refractivity contribution in [2.24, 2.45) is 0 Å². The molecule has 21 heavy (non-hydrogen) atoms. The summed E-state index contributed by atoms with van der Waals surface area (Å²) in [5, 5.41) is 12.0. The van der Waals surface area contributed by atoms with Crippen LogP contribution < -0.4 is 5.32 Å². The van der Waals surface area contributed by atoms with Crippen LogP contribution in [0.1, 0.15) is 42.6 Å². The molecule has 1 heterocycles. The van der Waals surface area contributed by atoms with E-state index in [1.165, 1.54) is 0 Å². The van der Waals surface area contributed by atoms with Crippen molar-refractivity contribution in [1.82, 2.24) is 9.88 Å². The van der Waals surface area contributed by atoms with Gasteiger partial charge in [0.25, 0.3) is 5.91 Å². The quantitative estimate of drug-likeness (QED) is 0.801. The van der Waals surface area contributed by atoms with Crippen molar-refractivity contribution in [1.29, 1.82) is 0 Å². The maximum atomic E-state index is 12.5. The first-order chi connectivity index (χ1) is 10.1. The van der Waals surface area contributed by atoms with Crippen molar-refractivity contribution in [3.63, 3.8) is 0 Å². The fourth-order valence-electron chi connectivity index (χ4n) is 3.00. The second-order valence-electron chi connectivity index (χ2n) is 5.59. The van der Waals surface area contributed by atoms with Crippen LogP contribution in [-0.2, 0) is 16.1 Å². The Balaban J connectivity index is 2.09. The van der Waals surface area contributed by atoms with Gasteiger partial charge in [0.2, 0.25) is 0 Å². The molecule has 116 valence electrons.